The zero-order valence-electron chi connectivity index (χ0n) is 17.0. The molecule has 1 saturated carbocycles. The molecular formula is C19H21F2N7O2S. The summed E-state index contributed by atoms with van der Waals surface area (Å²) in [5.41, 5.74) is 1.37. The molecule has 0 radical (unpaired) electrons. The summed E-state index contributed by atoms with van der Waals surface area (Å²) in [5, 5.41) is 23.5. The molecule has 31 heavy (non-hydrogen) atoms. The average molecular weight is 449 g/mol. The monoisotopic (exact) mass is 449 g/mol. The Balaban J connectivity index is 1.58. The minimum atomic E-state index is -2.76. The molecule has 2 aromatic heterocycles. The number of nitrogens with one attached hydrogen (secondary N) is 1. The molecule has 2 atom stereocenters. The van der Waals surface area contributed by atoms with Gasteiger partial charge >= 0.3 is 0 Å². The lowest BCUT2D eigenvalue weighted by Crippen LogP contribution is -2.27. The van der Waals surface area contributed by atoms with Crippen LogP contribution in [0.25, 0.3) is 11.4 Å². The molecule has 0 bridgehead atoms. The van der Waals surface area contributed by atoms with Gasteiger partial charge < -0.3 is 4.74 Å². The highest BCUT2D eigenvalue weighted by atomic mass is 32.1. The molecule has 2 unspecified atom stereocenters. The number of hydrogen-bond donors (Lipinski definition) is 1. The van der Waals surface area contributed by atoms with Crippen LogP contribution in [0.2, 0.25) is 0 Å². The molecular weight excluding hydrogens is 428 g/mol. The molecule has 2 heterocycles. The Labute approximate surface area is 180 Å². The van der Waals surface area contributed by atoms with Crippen molar-refractivity contribution in [2.45, 2.75) is 37.7 Å². The predicted molar refractivity (Wildman–Crippen MR) is 109 cm³/mol. The highest BCUT2D eigenvalue weighted by Gasteiger charge is 2.45. The second-order valence-electron chi connectivity index (χ2n) is 7.48. The summed E-state index contributed by atoms with van der Waals surface area (Å²) < 4.78 is 32.9. The number of ether oxygens (including phenoxy) is 1. The van der Waals surface area contributed by atoms with Crippen molar-refractivity contribution in [3.05, 3.63) is 34.8 Å². The number of carbonyl (C=O) groups is 1. The van der Waals surface area contributed by atoms with Crippen LogP contribution in [0.1, 0.15) is 35.8 Å². The summed E-state index contributed by atoms with van der Waals surface area (Å²) >= 11 is 1.19. The molecule has 3 aromatic rings. The first-order valence-corrected chi connectivity index (χ1v) is 10.5. The van der Waals surface area contributed by atoms with Crippen LogP contribution in [-0.2, 0) is 23.2 Å². The maximum absolute atomic E-state index is 13.9. The molecule has 9 nitrogen and oxygen atoms in total. The maximum atomic E-state index is 13.9. The van der Waals surface area contributed by atoms with Crippen LogP contribution >= 0.6 is 11.3 Å². The minimum absolute atomic E-state index is 0.222. The van der Waals surface area contributed by atoms with Crippen molar-refractivity contribution in [2.75, 3.05) is 12.4 Å². The fourth-order valence-electron chi connectivity index (χ4n) is 3.81. The van der Waals surface area contributed by atoms with Crippen molar-refractivity contribution >= 4 is 22.4 Å². The molecule has 0 spiro atoms. The number of aromatic nitrogens is 6. The number of anilines is 1. The number of benzene rings is 1. The molecule has 1 aliphatic rings. The number of hydrogen-bond acceptors (Lipinski definition) is 8. The van der Waals surface area contributed by atoms with Gasteiger partial charge in [0.2, 0.25) is 22.8 Å². The van der Waals surface area contributed by atoms with Crippen LogP contribution in [0, 0.1) is 5.92 Å². The highest BCUT2D eigenvalue weighted by molar-refractivity contribution is 7.15. The number of nitrogens with zero attached hydrogens (tertiary/aromatic N) is 6. The first-order valence-electron chi connectivity index (χ1n) is 9.69. The van der Waals surface area contributed by atoms with Crippen LogP contribution in [0.4, 0.5) is 13.9 Å². The molecule has 1 fully saturated rings. The molecule has 1 N–H and O–H groups in total. The summed E-state index contributed by atoms with van der Waals surface area (Å²) in [6, 6.07) is 7.04. The summed E-state index contributed by atoms with van der Waals surface area (Å²) in [5.74, 6) is -3.93. The topological polar surface area (TPSA) is 108 Å². The molecule has 164 valence electrons. The van der Waals surface area contributed by atoms with E-state index in [1.165, 1.54) is 23.2 Å². The molecule has 12 heteroatoms. The minimum Gasteiger partial charge on any atom is -0.377 e. The van der Waals surface area contributed by atoms with E-state index in [-0.39, 0.29) is 31.8 Å². The third-order valence-corrected chi connectivity index (χ3v) is 6.01. The van der Waals surface area contributed by atoms with E-state index in [0.29, 0.717) is 21.5 Å². The van der Waals surface area contributed by atoms with Crippen molar-refractivity contribution in [1.82, 2.24) is 30.4 Å². The van der Waals surface area contributed by atoms with Crippen LogP contribution < -0.4 is 5.32 Å². The fraction of sp³-hybridized carbons (Fsp3) is 0.474. The van der Waals surface area contributed by atoms with Crippen molar-refractivity contribution < 1.29 is 18.3 Å². The Morgan fingerprint density at radius 3 is 2.71 bits per heavy atom. The van der Waals surface area contributed by atoms with Gasteiger partial charge in [-0.25, -0.2) is 8.78 Å². The van der Waals surface area contributed by atoms with Crippen LogP contribution in [-0.4, -0.2) is 49.3 Å². The third kappa shape index (κ3) is 4.90. The summed E-state index contributed by atoms with van der Waals surface area (Å²) in [7, 11) is 3.20. The van der Waals surface area contributed by atoms with Crippen molar-refractivity contribution in [3.63, 3.8) is 0 Å². The number of methoxy groups -OCH3 is 1. The van der Waals surface area contributed by atoms with Gasteiger partial charge in [0.1, 0.15) is 11.6 Å². The van der Waals surface area contributed by atoms with Gasteiger partial charge in [-0.05, 0) is 23.1 Å². The smallest absolute Gasteiger partial charge is 0.248 e. The van der Waals surface area contributed by atoms with Gasteiger partial charge in [0.15, 0.2) is 0 Å². The van der Waals surface area contributed by atoms with Crippen molar-refractivity contribution in [2.24, 2.45) is 13.0 Å². The molecule has 1 aromatic carbocycles. The lowest BCUT2D eigenvalue weighted by Gasteiger charge is -2.23. The molecule has 0 saturated heterocycles. The van der Waals surface area contributed by atoms with Crippen molar-refractivity contribution in [3.8, 4) is 11.4 Å². The summed E-state index contributed by atoms with van der Waals surface area (Å²) in [4.78, 5) is 14.5. The molecule has 1 aliphatic carbocycles. The van der Waals surface area contributed by atoms with E-state index in [0.717, 1.165) is 5.56 Å². The van der Waals surface area contributed by atoms with Crippen LogP contribution in [0.3, 0.4) is 0 Å². The lowest BCUT2D eigenvalue weighted by molar-refractivity contribution is -0.118. The standard InChI is InChI=1S/C19H21F2N7O2S/c1-28-26-16(24-27-28)12-5-3-11(4-6-12)15(13-7-8-19(20,21)9-13)17(29)22-18-25-23-14(31-18)10-30-2/h3-6,13,15H,7-10H2,1-2H3,(H,22,25,29). The second kappa shape index (κ2) is 8.71. The van der Waals surface area contributed by atoms with Crippen molar-refractivity contribution in [1.29, 1.82) is 0 Å². The van der Waals surface area contributed by atoms with Gasteiger partial charge in [-0.15, -0.1) is 20.4 Å². The first kappa shape index (κ1) is 21.4. The number of halogens is 2. The number of tetrazole rings is 1. The quantitative estimate of drug-likeness (QED) is 0.591. The Kier molecular flexibility index (Phi) is 6.01. The summed E-state index contributed by atoms with van der Waals surface area (Å²) in [6.45, 7) is 0.281. The van der Waals surface area contributed by atoms with Crippen LogP contribution in [0.5, 0.6) is 0 Å². The zero-order chi connectivity index (χ0) is 22.0. The number of alkyl halides is 2. The van der Waals surface area contributed by atoms with E-state index in [4.69, 9.17) is 4.74 Å². The van der Waals surface area contributed by atoms with Gasteiger partial charge in [-0.3, -0.25) is 10.1 Å². The van der Waals surface area contributed by atoms with E-state index < -0.39 is 17.8 Å². The van der Waals surface area contributed by atoms with Gasteiger partial charge in [-0.1, -0.05) is 35.6 Å². The third-order valence-electron chi connectivity index (χ3n) is 5.20. The molecule has 4 rings (SSSR count). The van der Waals surface area contributed by atoms with E-state index in [1.54, 1.807) is 31.3 Å². The number of aryl methyl sites for hydroxylation is 1. The van der Waals surface area contributed by atoms with E-state index in [2.05, 4.69) is 30.9 Å². The Morgan fingerprint density at radius 1 is 1.32 bits per heavy atom. The Hall–Kier alpha value is -2.86. The average Bonchev–Trinajstić information content (AvgIpc) is 3.44. The largest absolute Gasteiger partial charge is 0.377 e. The van der Waals surface area contributed by atoms with Gasteiger partial charge in [0.25, 0.3) is 0 Å². The number of amides is 1. The van der Waals surface area contributed by atoms with Gasteiger partial charge in [0, 0.05) is 25.5 Å². The summed E-state index contributed by atoms with van der Waals surface area (Å²) in [6.07, 6.45) is -0.285. The highest BCUT2D eigenvalue weighted by Crippen LogP contribution is 2.46. The zero-order valence-corrected chi connectivity index (χ0v) is 17.8. The Morgan fingerprint density at radius 2 is 2.10 bits per heavy atom. The number of rotatable bonds is 7. The van der Waals surface area contributed by atoms with E-state index in [9.17, 15) is 13.6 Å². The van der Waals surface area contributed by atoms with E-state index in [1.807, 2.05) is 0 Å². The van der Waals surface area contributed by atoms with Crippen LogP contribution in [0.15, 0.2) is 24.3 Å². The lowest BCUT2D eigenvalue weighted by atomic mass is 9.83. The van der Waals surface area contributed by atoms with Gasteiger partial charge in [0.05, 0.1) is 13.0 Å². The number of carbonyl (C=O) groups excluding carboxylic acids is 1. The molecule has 0 aliphatic heterocycles. The Bertz CT molecular complexity index is 1050. The normalized spacial score (nSPS) is 18.8. The van der Waals surface area contributed by atoms with Gasteiger partial charge in [-0.2, -0.15) is 4.80 Å². The predicted octanol–water partition coefficient (Wildman–Crippen LogP) is 3.03. The first-order chi connectivity index (χ1) is 14.8. The second-order valence-corrected chi connectivity index (χ2v) is 8.55. The SMILES string of the molecule is COCc1nnc(NC(=O)C(c2ccc(-c3nnn(C)n3)cc2)C2CCC(F)(F)C2)s1. The maximum Gasteiger partial charge on any atom is 0.248 e. The molecule has 1 amide bonds. The fourth-order valence-corrected chi connectivity index (χ4v) is 4.53. The van der Waals surface area contributed by atoms with E-state index >= 15 is 0 Å².